The number of aromatic nitrogens is 1. The Bertz CT molecular complexity index is 592. The monoisotopic (exact) mass is 308 g/mol. The van der Waals surface area contributed by atoms with Crippen molar-refractivity contribution >= 4 is 16.5 Å². The number of hydrogen-bond acceptors (Lipinski definition) is 5. The van der Waals surface area contributed by atoms with Crippen LogP contribution in [0.5, 0.6) is 11.5 Å². The first-order valence-electron chi connectivity index (χ1n) is 5.20. The fourth-order valence-corrected chi connectivity index (χ4v) is 2.06. The van der Waals surface area contributed by atoms with Gasteiger partial charge in [0, 0.05) is 17.0 Å². The molecule has 1 aromatic heterocycles. The van der Waals surface area contributed by atoms with Crippen LogP contribution in [0.25, 0.3) is 11.3 Å². The smallest absolute Gasteiger partial charge is 0.387 e. The van der Waals surface area contributed by atoms with E-state index in [-0.39, 0.29) is 22.2 Å². The quantitative estimate of drug-likeness (QED) is 0.858. The summed E-state index contributed by atoms with van der Waals surface area (Å²) in [5.41, 5.74) is 5.98. The molecule has 0 spiro atoms. The van der Waals surface area contributed by atoms with Crippen LogP contribution in [0.2, 0.25) is 0 Å². The summed E-state index contributed by atoms with van der Waals surface area (Å²) >= 11 is 1.11. The number of benzene rings is 1. The Morgan fingerprint density at radius 1 is 1.10 bits per heavy atom. The number of nitrogens with zero attached hydrogens (tertiary/aromatic N) is 1. The average molecular weight is 308 g/mol. The zero-order valence-electron chi connectivity index (χ0n) is 9.73. The Hall–Kier alpha value is -2.03. The van der Waals surface area contributed by atoms with Crippen molar-refractivity contribution in [2.45, 2.75) is 13.2 Å². The summed E-state index contributed by atoms with van der Waals surface area (Å²) in [6.07, 6.45) is 0. The lowest BCUT2D eigenvalue weighted by Gasteiger charge is -2.11. The van der Waals surface area contributed by atoms with Crippen molar-refractivity contribution in [1.82, 2.24) is 4.98 Å². The normalized spacial score (nSPS) is 11.1. The van der Waals surface area contributed by atoms with E-state index in [2.05, 4.69) is 14.5 Å². The molecule has 0 saturated carbocycles. The van der Waals surface area contributed by atoms with Crippen LogP contribution in [0.1, 0.15) is 0 Å². The van der Waals surface area contributed by atoms with E-state index in [0.717, 1.165) is 17.4 Å². The van der Waals surface area contributed by atoms with E-state index >= 15 is 0 Å². The number of nitrogen functional groups attached to an aromatic ring is 1. The third kappa shape index (κ3) is 3.50. The van der Waals surface area contributed by atoms with Crippen LogP contribution in [0.15, 0.2) is 23.6 Å². The van der Waals surface area contributed by atoms with Gasteiger partial charge in [0.1, 0.15) is 11.5 Å². The van der Waals surface area contributed by atoms with Crippen LogP contribution < -0.4 is 15.2 Å². The molecule has 0 aliphatic heterocycles. The highest BCUT2D eigenvalue weighted by molar-refractivity contribution is 7.13. The summed E-state index contributed by atoms with van der Waals surface area (Å²) in [6, 6.07) is 3.45. The second-order valence-corrected chi connectivity index (χ2v) is 4.38. The minimum Gasteiger partial charge on any atom is -0.435 e. The van der Waals surface area contributed by atoms with Gasteiger partial charge in [0.2, 0.25) is 0 Å². The first-order chi connectivity index (χ1) is 9.45. The predicted octanol–water partition coefficient (Wildman–Crippen LogP) is 3.60. The van der Waals surface area contributed by atoms with Gasteiger partial charge in [0.25, 0.3) is 0 Å². The highest BCUT2D eigenvalue weighted by atomic mass is 32.1. The predicted molar refractivity (Wildman–Crippen MR) is 65.2 cm³/mol. The third-order valence-corrected chi connectivity index (χ3v) is 2.87. The minimum atomic E-state index is -3.11. The molecule has 108 valence electrons. The lowest BCUT2D eigenvalue weighted by molar-refractivity contribution is -0.0540. The molecule has 2 N–H and O–H groups in total. The SMILES string of the molecule is Nc1nc(-c2ccc(OC(F)F)cc2OC(F)F)cs1. The Labute approximate surface area is 114 Å². The summed E-state index contributed by atoms with van der Waals surface area (Å²) in [7, 11) is 0. The molecule has 20 heavy (non-hydrogen) atoms. The number of nitrogens with two attached hydrogens (primary N) is 1. The van der Waals surface area contributed by atoms with Gasteiger partial charge in [-0.2, -0.15) is 17.6 Å². The summed E-state index contributed by atoms with van der Waals surface area (Å²) in [4.78, 5) is 3.92. The Morgan fingerprint density at radius 3 is 2.35 bits per heavy atom. The van der Waals surface area contributed by atoms with Gasteiger partial charge >= 0.3 is 13.2 Å². The largest absolute Gasteiger partial charge is 0.435 e. The van der Waals surface area contributed by atoms with Crippen LogP contribution >= 0.6 is 11.3 Å². The van der Waals surface area contributed by atoms with E-state index in [0.29, 0.717) is 5.69 Å². The molecule has 0 amide bonds. The van der Waals surface area contributed by atoms with Gasteiger partial charge in [-0.15, -0.1) is 11.3 Å². The molecule has 1 aromatic carbocycles. The molecular weight excluding hydrogens is 300 g/mol. The van der Waals surface area contributed by atoms with Crippen molar-refractivity contribution in [3.63, 3.8) is 0 Å². The number of anilines is 1. The second kappa shape index (κ2) is 5.95. The second-order valence-electron chi connectivity index (χ2n) is 3.49. The van der Waals surface area contributed by atoms with Crippen LogP contribution in [0.3, 0.4) is 0 Å². The lowest BCUT2D eigenvalue weighted by Crippen LogP contribution is -2.05. The van der Waals surface area contributed by atoms with Crippen LogP contribution in [-0.2, 0) is 0 Å². The fraction of sp³-hybridized carbons (Fsp3) is 0.182. The van der Waals surface area contributed by atoms with Gasteiger partial charge in [-0.1, -0.05) is 0 Å². The number of thiazole rings is 1. The van der Waals surface area contributed by atoms with Crippen molar-refractivity contribution in [3.8, 4) is 22.8 Å². The van der Waals surface area contributed by atoms with E-state index in [1.807, 2.05) is 0 Å². The van der Waals surface area contributed by atoms with E-state index < -0.39 is 13.2 Å². The molecule has 2 aromatic rings. The number of ether oxygens (including phenoxy) is 2. The van der Waals surface area contributed by atoms with E-state index in [1.165, 1.54) is 17.5 Å². The third-order valence-electron chi connectivity index (χ3n) is 2.19. The average Bonchev–Trinajstić information content (AvgIpc) is 2.74. The van der Waals surface area contributed by atoms with E-state index in [1.54, 1.807) is 0 Å². The molecule has 9 heteroatoms. The molecule has 0 bridgehead atoms. The van der Waals surface area contributed by atoms with Crippen molar-refractivity contribution < 1.29 is 27.0 Å². The molecular formula is C11H8F4N2O2S. The summed E-state index contributed by atoms with van der Waals surface area (Å²) in [5, 5.41) is 1.78. The number of alkyl halides is 4. The van der Waals surface area contributed by atoms with Crippen LogP contribution in [0.4, 0.5) is 22.7 Å². The molecule has 0 aliphatic rings. The molecule has 0 saturated heterocycles. The molecule has 2 rings (SSSR count). The van der Waals surface area contributed by atoms with Gasteiger partial charge in [0.05, 0.1) is 5.69 Å². The van der Waals surface area contributed by atoms with Crippen molar-refractivity contribution in [1.29, 1.82) is 0 Å². The highest BCUT2D eigenvalue weighted by Crippen LogP contribution is 2.35. The molecule has 0 aliphatic carbocycles. The molecule has 0 fully saturated rings. The summed E-state index contributed by atoms with van der Waals surface area (Å²) in [5.74, 6) is -0.606. The molecule has 0 atom stereocenters. The van der Waals surface area contributed by atoms with Crippen molar-refractivity contribution in [2.24, 2.45) is 0 Å². The van der Waals surface area contributed by atoms with Gasteiger partial charge in [-0.25, -0.2) is 4.98 Å². The van der Waals surface area contributed by atoms with Gasteiger partial charge in [0.15, 0.2) is 5.13 Å². The molecule has 0 unspecified atom stereocenters. The van der Waals surface area contributed by atoms with Crippen LogP contribution in [0, 0.1) is 0 Å². The first kappa shape index (κ1) is 14.4. The summed E-state index contributed by atoms with van der Waals surface area (Å²) in [6.45, 7) is -6.17. The fourth-order valence-electron chi connectivity index (χ4n) is 1.50. The number of halogens is 4. The maximum absolute atomic E-state index is 12.4. The topological polar surface area (TPSA) is 57.4 Å². The first-order valence-corrected chi connectivity index (χ1v) is 6.08. The Kier molecular flexibility index (Phi) is 4.28. The van der Waals surface area contributed by atoms with Crippen LogP contribution in [-0.4, -0.2) is 18.2 Å². The Balaban J connectivity index is 2.39. The zero-order chi connectivity index (χ0) is 14.7. The maximum atomic E-state index is 12.4. The van der Waals surface area contributed by atoms with E-state index in [4.69, 9.17) is 5.73 Å². The molecule has 0 radical (unpaired) electrons. The zero-order valence-corrected chi connectivity index (χ0v) is 10.5. The number of hydrogen-bond donors (Lipinski definition) is 1. The molecule has 4 nitrogen and oxygen atoms in total. The highest BCUT2D eigenvalue weighted by Gasteiger charge is 2.16. The van der Waals surface area contributed by atoms with Crippen molar-refractivity contribution in [3.05, 3.63) is 23.6 Å². The maximum Gasteiger partial charge on any atom is 0.387 e. The van der Waals surface area contributed by atoms with Gasteiger partial charge in [-0.05, 0) is 12.1 Å². The summed E-state index contributed by atoms with van der Waals surface area (Å²) < 4.78 is 57.4. The van der Waals surface area contributed by atoms with Gasteiger partial charge < -0.3 is 15.2 Å². The lowest BCUT2D eigenvalue weighted by atomic mass is 10.1. The Morgan fingerprint density at radius 2 is 1.80 bits per heavy atom. The van der Waals surface area contributed by atoms with Crippen molar-refractivity contribution in [2.75, 3.05) is 5.73 Å². The standard InChI is InChI=1S/C11H8F4N2O2S/c12-9(13)18-5-1-2-6(7-4-20-11(16)17-7)8(3-5)19-10(14)15/h1-4,9-10H,(H2,16,17). The number of rotatable bonds is 5. The van der Waals surface area contributed by atoms with E-state index in [9.17, 15) is 17.6 Å². The molecule has 1 heterocycles. The minimum absolute atomic E-state index is 0.208. The van der Waals surface area contributed by atoms with Gasteiger partial charge in [-0.3, -0.25) is 0 Å².